The number of thioether (sulfide) groups is 1. The van der Waals surface area contributed by atoms with Gasteiger partial charge in [-0.15, -0.1) is 5.10 Å². The lowest BCUT2D eigenvalue weighted by Crippen LogP contribution is -2.15. The van der Waals surface area contributed by atoms with E-state index in [1.54, 1.807) is 0 Å². The zero-order valence-corrected chi connectivity index (χ0v) is 8.17. The van der Waals surface area contributed by atoms with Gasteiger partial charge in [0.15, 0.2) is 0 Å². The number of nitrogens with zero attached hydrogens (tertiary/aromatic N) is 4. The molecule has 0 atom stereocenters. The lowest BCUT2D eigenvalue weighted by atomic mass is 10.7. The molecule has 0 fully saturated rings. The summed E-state index contributed by atoms with van der Waals surface area (Å²) in [5.41, 5.74) is -4.50. The molecule has 0 radical (unpaired) electrons. The van der Waals surface area contributed by atoms with Crippen molar-refractivity contribution in [3.8, 4) is 0 Å². The second-order valence-electron chi connectivity index (χ2n) is 2.24. The van der Waals surface area contributed by atoms with E-state index in [4.69, 9.17) is 0 Å². The zero-order valence-electron chi connectivity index (χ0n) is 7.35. The van der Waals surface area contributed by atoms with Crippen LogP contribution in [0.1, 0.15) is 0 Å². The van der Waals surface area contributed by atoms with Gasteiger partial charge >= 0.3 is 11.5 Å². The van der Waals surface area contributed by atoms with E-state index >= 15 is 0 Å². The summed E-state index contributed by atoms with van der Waals surface area (Å²) in [6.07, 6.45) is 0. The van der Waals surface area contributed by atoms with Gasteiger partial charge in [0.2, 0.25) is 5.16 Å². The minimum absolute atomic E-state index is 0.456. The molecule has 10 heteroatoms. The first-order valence-corrected chi connectivity index (χ1v) is 4.33. The first-order chi connectivity index (χ1) is 6.92. The molecule has 0 aliphatic heterocycles. The Balaban J connectivity index is 2.74. The van der Waals surface area contributed by atoms with Crippen molar-refractivity contribution in [2.45, 2.75) is 17.2 Å². The molecule has 0 amide bonds. The van der Waals surface area contributed by atoms with Crippen LogP contribution in [0.25, 0.3) is 0 Å². The van der Waals surface area contributed by atoms with E-state index in [0.717, 1.165) is 7.11 Å². The standard InChI is InChI=1S/C5H5F3N4O2S/c1-14-3(13)2-12-4(9-10-11-12)15-5(6,7)8/h2H2,1H3. The maximum absolute atomic E-state index is 12.0. The van der Waals surface area contributed by atoms with Crippen LogP contribution in [0.4, 0.5) is 13.2 Å². The quantitative estimate of drug-likeness (QED) is 0.566. The van der Waals surface area contributed by atoms with Gasteiger partial charge in [-0.2, -0.15) is 13.2 Å². The fourth-order valence-electron chi connectivity index (χ4n) is 0.659. The van der Waals surface area contributed by atoms with Gasteiger partial charge in [-0.1, -0.05) is 0 Å². The van der Waals surface area contributed by atoms with E-state index in [1.807, 2.05) is 0 Å². The minimum Gasteiger partial charge on any atom is -0.468 e. The molecule has 1 heterocycles. The van der Waals surface area contributed by atoms with Crippen molar-refractivity contribution < 1.29 is 22.7 Å². The molecule has 0 saturated heterocycles. The summed E-state index contributed by atoms with van der Waals surface area (Å²) >= 11 is -0.494. The molecular formula is C5H5F3N4O2S. The summed E-state index contributed by atoms with van der Waals surface area (Å²) in [7, 11) is 1.11. The number of hydrogen-bond acceptors (Lipinski definition) is 6. The Bertz CT molecular complexity index is 352. The molecule has 84 valence electrons. The number of alkyl halides is 3. The number of rotatable bonds is 3. The van der Waals surface area contributed by atoms with E-state index in [-0.39, 0.29) is 0 Å². The summed E-state index contributed by atoms with van der Waals surface area (Å²) in [4.78, 5) is 10.8. The molecule has 1 rings (SSSR count). The minimum atomic E-state index is -4.50. The summed E-state index contributed by atoms with van der Waals surface area (Å²) in [6.45, 7) is -0.456. The van der Waals surface area contributed by atoms with Crippen LogP contribution in [0.2, 0.25) is 0 Å². The van der Waals surface area contributed by atoms with Crippen molar-refractivity contribution in [1.82, 2.24) is 20.2 Å². The Labute approximate surface area is 85.8 Å². The second kappa shape index (κ2) is 4.47. The Kier molecular flexibility index (Phi) is 3.50. The first-order valence-electron chi connectivity index (χ1n) is 3.51. The average molecular weight is 242 g/mol. The van der Waals surface area contributed by atoms with Crippen LogP contribution in [-0.4, -0.2) is 38.8 Å². The van der Waals surface area contributed by atoms with Gasteiger partial charge in [0.1, 0.15) is 6.54 Å². The second-order valence-corrected chi connectivity index (χ2v) is 3.28. The Morgan fingerprint density at radius 1 is 1.60 bits per heavy atom. The number of esters is 1. The van der Waals surface area contributed by atoms with Crippen molar-refractivity contribution in [2.75, 3.05) is 7.11 Å². The van der Waals surface area contributed by atoms with E-state index in [2.05, 4.69) is 20.3 Å². The Morgan fingerprint density at radius 3 is 2.80 bits per heavy atom. The number of ether oxygens (including phenoxy) is 1. The summed E-state index contributed by atoms with van der Waals surface area (Å²) in [5.74, 6) is -0.730. The van der Waals surface area contributed by atoms with Gasteiger partial charge in [-0.05, 0) is 10.4 Å². The van der Waals surface area contributed by atoms with Crippen molar-refractivity contribution >= 4 is 17.7 Å². The maximum Gasteiger partial charge on any atom is 0.449 e. The topological polar surface area (TPSA) is 69.9 Å². The van der Waals surface area contributed by atoms with Crippen molar-refractivity contribution in [1.29, 1.82) is 0 Å². The molecule has 0 bridgehead atoms. The van der Waals surface area contributed by atoms with Crippen LogP contribution in [0.5, 0.6) is 0 Å². The van der Waals surface area contributed by atoms with Crippen LogP contribution < -0.4 is 0 Å². The lowest BCUT2D eigenvalue weighted by molar-refractivity contribution is -0.141. The van der Waals surface area contributed by atoms with Crippen molar-refractivity contribution in [2.24, 2.45) is 0 Å². The third kappa shape index (κ3) is 3.73. The number of halogens is 3. The normalized spacial score (nSPS) is 11.5. The highest BCUT2D eigenvalue weighted by Gasteiger charge is 2.32. The van der Waals surface area contributed by atoms with Gasteiger partial charge in [-0.25, -0.2) is 4.68 Å². The third-order valence-corrected chi connectivity index (χ3v) is 1.92. The summed E-state index contributed by atoms with van der Waals surface area (Å²) in [5, 5.41) is 8.87. The summed E-state index contributed by atoms with van der Waals surface area (Å²) in [6, 6.07) is 0. The van der Waals surface area contributed by atoms with Crippen LogP contribution in [0.3, 0.4) is 0 Å². The molecule has 0 spiro atoms. The van der Waals surface area contributed by atoms with E-state index in [9.17, 15) is 18.0 Å². The van der Waals surface area contributed by atoms with E-state index in [1.165, 1.54) is 0 Å². The molecular weight excluding hydrogens is 237 g/mol. The lowest BCUT2D eigenvalue weighted by Gasteiger charge is -2.04. The summed E-state index contributed by atoms with van der Waals surface area (Å²) < 4.78 is 40.8. The number of hydrogen-bond donors (Lipinski definition) is 0. The molecule has 15 heavy (non-hydrogen) atoms. The number of methoxy groups -OCH3 is 1. The molecule has 1 aromatic heterocycles. The van der Waals surface area contributed by atoms with Gasteiger partial charge in [-0.3, -0.25) is 4.79 Å². The fraction of sp³-hybridized carbons (Fsp3) is 0.600. The largest absolute Gasteiger partial charge is 0.468 e. The number of tetrazole rings is 1. The predicted molar refractivity (Wildman–Crippen MR) is 41.7 cm³/mol. The van der Waals surface area contributed by atoms with E-state index in [0.29, 0.717) is 4.68 Å². The maximum atomic E-state index is 12.0. The molecule has 1 aromatic rings. The highest BCUT2D eigenvalue weighted by molar-refractivity contribution is 8.00. The third-order valence-electron chi connectivity index (χ3n) is 1.21. The van der Waals surface area contributed by atoms with E-state index < -0.39 is 34.9 Å². The van der Waals surface area contributed by atoms with Crippen LogP contribution in [0, 0.1) is 0 Å². The SMILES string of the molecule is COC(=O)Cn1nnnc1SC(F)(F)F. The number of carbonyl (C=O) groups is 1. The van der Waals surface area contributed by atoms with Crippen LogP contribution >= 0.6 is 11.8 Å². The van der Waals surface area contributed by atoms with Gasteiger partial charge in [0, 0.05) is 11.8 Å². The number of aromatic nitrogens is 4. The van der Waals surface area contributed by atoms with Crippen LogP contribution in [0.15, 0.2) is 5.16 Å². The monoisotopic (exact) mass is 242 g/mol. The average Bonchev–Trinajstić information content (AvgIpc) is 2.50. The fourth-order valence-corrected chi connectivity index (χ4v) is 1.15. The molecule has 0 saturated carbocycles. The molecule has 0 unspecified atom stereocenters. The molecule has 0 N–H and O–H groups in total. The van der Waals surface area contributed by atoms with Gasteiger partial charge in [0.05, 0.1) is 7.11 Å². The highest BCUT2D eigenvalue weighted by Crippen LogP contribution is 2.34. The van der Waals surface area contributed by atoms with Gasteiger partial charge in [0.25, 0.3) is 0 Å². The van der Waals surface area contributed by atoms with Crippen molar-refractivity contribution in [3.63, 3.8) is 0 Å². The van der Waals surface area contributed by atoms with Crippen molar-refractivity contribution in [3.05, 3.63) is 0 Å². The van der Waals surface area contributed by atoms with Crippen LogP contribution in [-0.2, 0) is 16.1 Å². The first kappa shape index (κ1) is 11.8. The predicted octanol–water partition coefficient (Wildman–Crippen LogP) is 0.458. The Morgan fingerprint density at radius 2 is 2.27 bits per heavy atom. The molecule has 0 aromatic carbocycles. The zero-order chi connectivity index (χ0) is 11.5. The number of carbonyl (C=O) groups excluding carboxylic acids is 1. The smallest absolute Gasteiger partial charge is 0.449 e. The van der Waals surface area contributed by atoms with Gasteiger partial charge < -0.3 is 4.74 Å². The highest BCUT2D eigenvalue weighted by atomic mass is 32.2. The molecule has 6 nitrogen and oxygen atoms in total. The molecule has 0 aliphatic rings. The molecule has 0 aliphatic carbocycles. The Hall–Kier alpha value is -1.32.